The van der Waals surface area contributed by atoms with Crippen LogP contribution in [0, 0.1) is 0 Å². The summed E-state index contributed by atoms with van der Waals surface area (Å²) < 4.78 is 11.4. The minimum absolute atomic E-state index is 0.0475. The molecular formula is C28H40N4O3. The van der Waals surface area contributed by atoms with Crippen LogP contribution < -0.4 is 25.8 Å². The molecule has 190 valence electrons. The van der Waals surface area contributed by atoms with Gasteiger partial charge in [0.1, 0.15) is 17.5 Å². The van der Waals surface area contributed by atoms with Crippen LogP contribution in [-0.4, -0.2) is 30.9 Å². The minimum atomic E-state index is -0.366. The highest BCUT2D eigenvalue weighted by molar-refractivity contribution is 5.99. The zero-order valence-corrected chi connectivity index (χ0v) is 21.3. The zero-order chi connectivity index (χ0) is 24.9. The monoisotopic (exact) mass is 480 g/mol. The van der Waals surface area contributed by atoms with E-state index in [-0.39, 0.29) is 18.0 Å². The number of rotatable bonds is 14. The fraction of sp³-hybridized carbons (Fsp3) is 0.500. The van der Waals surface area contributed by atoms with Gasteiger partial charge in [0.2, 0.25) is 0 Å². The molecule has 3 rings (SSSR count). The number of amides is 1. The van der Waals surface area contributed by atoms with Gasteiger partial charge in [0, 0.05) is 11.6 Å². The van der Waals surface area contributed by atoms with E-state index in [1.54, 1.807) is 0 Å². The molecule has 2 unspecified atom stereocenters. The number of hydrogen-bond acceptors (Lipinski definition) is 6. The Morgan fingerprint density at radius 3 is 2.51 bits per heavy atom. The van der Waals surface area contributed by atoms with E-state index in [2.05, 4.69) is 40.4 Å². The average Bonchev–Trinajstić information content (AvgIpc) is 3.38. The van der Waals surface area contributed by atoms with Crippen molar-refractivity contribution in [1.82, 2.24) is 16.3 Å². The van der Waals surface area contributed by atoms with Crippen LogP contribution in [0.25, 0.3) is 0 Å². The van der Waals surface area contributed by atoms with Crippen LogP contribution in [0.2, 0.25) is 0 Å². The van der Waals surface area contributed by atoms with Gasteiger partial charge in [-0.2, -0.15) is 5.10 Å². The molecule has 1 aliphatic heterocycles. The Labute approximate surface area is 209 Å². The van der Waals surface area contributed by atoms with E-state index in [4.69, 9.17) is 9.47 Å². The molecule has 0 aromatic heterocycles. The number of hydrazine groups is 1. The lowest BCUT2D eigenvalue weighted by Crippen LogP contribution is -2.41. The van der Waals surface area contributed by atoms with Gasteiger partial charge in [0.15, 0.2) is 0 Å². The van der Waals surface area contributed by atoms with Crippen molar-refractivity contribution in [3.8, 4) is 11.5 Å². The summed E-state index contributed by atoms with van der Waals surface area (Å²) in [7, 11) is 0. The highest BCUT2D eigenvalue weighted by Gasteiger charge is 2.30. The van der Waals surface area contributed by atoms with Crippen molar-refractivity contribution in [2.45, 2.75) is 77.8 Å². The van der Waals surface area contributed by atoms with E-state index in [0.29, 0.717) is 13.0 Å². The lowest BCUT2D eigenvalue weighted by Gasteiger charge is -2.11. The molecule has 0 saturated carbocycles. The Hall–Kier alpha value is -2.90. The van der Waals surface area contributed by atoms with E-state index in [1.165, 1.54) is 32.1 Å². The number of nitrogens with one attached hydrogen (secondary N) is 3. The lowest BCUT2D eigenvalue weighted by atomic mass is 10.0. The van der Waals surface area contributed by atoms with Gasteiger partial charge in [0.05, 0.1) is 18.9 Å². The first-order chi connectivity index (χ1) is 17.1. The zero-order valence-electron chi connectivity index (χ0n) is 21.3. The van der Waals surface area contributed by atoms with Crippen LogP contribution in [0.1, 0.15) is 82.9 Å². The van der Waals surface area contributed by atoms with E-state index in [1.807, 2.05) is 50.2 Å². The fourth-order valence-electron chi connectivity index (χ4n) is 4.07. The molecule has 0 spiro atoms. The number of nitrogens with zero attached hydrogens (tertiary/aromatic N) is 1. The number of hydrazone groups is 1. The molecule has 2 aromatic rings. The van der Waals surface area contributed by atoms with Gasteiger partial charge in [-0.1, -0.05) is 63.3 Å². The van der Waals surface area contributed by atoms with E-state index < -0.39 is 0 Å². The SMILES string of the molecule is CCCCCCCCOc1ccc(C2CC(C(=O)N/N=C(\C)c3cccc(OCC)c3)NN2)cc1. The second kappa shape index (κ2) is 14.5. The molecule has 1 fully saturated rings. The Morgan fingerprint density at radius 2 is 1.74 bits per heavy atom. The summed E-state index contributed by atoms with van der Waals surface area (Å²) in [5, 5.41) is 4.28. The summed E-state index contributed by atoms with van der Waals surface area (Å²) in [5.74, 6) is 1.51. The fourth-order valence-corrected chi connectivity index (χ4v) is 4.07. The quantitative estimate of drug-likeness (QED) is 0.195. The maximum Gasteiger partial charge on any atom is 0.258 e. The topological polar surface area (TPSA) is 84.0 Å². The maximum atomic E-state index is 12.6. The number of hydrogen-bond donors (Lipinski definition) is 3. The lowest BCUT2D eigenvalue weighted by molar-refractivity contribution is -0.122. The Balaban J connectivity index is 1.42. The minimum Gasteiger partial charge on any atom is -0.494 e. The van der Waals surface area contributed by atoms with Crippen LogP contribution in [0.4, 0.5) is 0 Å². The standard InChI is InChI=1S/C28H40N4O3/c1-4-6-7-8-9-10-18-35-24-16-14-22(15-17-24)26-20-27(31-30-26)28(33)32-29-21(3)23-12-11-13-25(19-23)34-5-2/h11-17,19,26-27,30-31H,4-10,18,20H2,1-3H3,(H,32,33)/b29-21+. The Morgan fingerprint density at radius 1 is 0.971 bits per heavy atom. The Bertz CT molecular complexity index is 945. The van der Waals surface area contributed by atoms with Crippen molar-refractivity contribution < 1.29 is 14.3 Å². The van der Waals surface area contributed by atoms with Crippen LogP contribution >= 0.6 is 0 Å². The molecule has 1 heterocycles. The Kier molecular flexibility index (Phi) is 11.1. The molecule has 0 radical (unpaired) electrons. The summed E-state index contributed by atoms with van der Waals surface area (Å²) in [5.41, 5.74) is 11.7. The van der Waals surface area contributed by atoms with Gasteiger partial charge in [-0.05, 0) is 56.5 Å². The predicted molar refractivity (Wildman–Crippen MR) is 141 cm³/mol. The van der Waals surface area contributed by atoms with Crippen molar-refractivity contribution in [1.29, 1.82) is 0 Å². The smallest absolute Gasteiger partial charge is 0.258 e. The number of unbranched alkanes of at least 4 members (excludes halogenated alkanes) is 5. The molecule has 35 heavy (non-hydrogen) atoms. The first-order valence-corrected chi connectivity index (χ1v) is 12.9. The van der Waals surface area contributed by atoms with Crippen LogP contribution in [0.3, 0.4) is 0 Å². The van der Waals surface area contributed by atoms with E-state index in [9.17, 15) is 4.79 Å². The molecule has 1 aliphatic rings. The normalized spacial score (nSPS) is 17.9. The first kappa shape index (κ1) is 26.7. The van der Waals surface area contributed by atoms with Gasteiger partial charge in [-0.25, -0.2) is 16.3 Å². The third-order valence-electron chi connectivity index (χ3n) is 6.17. The number of benzene rings is 2. The van der Waals surface area contributed by atoms with Crippen LogP contribution in [-0.2, 0) is 4.79 Å². The second-order valence-electron chi connectivity index (χ2n) is 8.95. The molecule has 0 aliphatic carbocycles. The maximum absolute atomic E-state index is 12.6. The van der Waals surface area contributed by atoms with Gasteiger partial charge in [0.25, 0.3) is 5.91 Å². The van der Waals surface area contributed by atoms with Gasteiger partial charge in [-0.15, -0.1) is 0 Å². The van der Waals surface area contributed by atoms with Crippen LogP contribution in [0.15, 0.2) is 53.6 Å². The average molecular weight is 481 g/mol. The summed E-state index contributed by atoms with van der Waals surface area (Å²) in [6, 6.07) is 15.5. The molecule has 2 aromatic carbocycles. The first-order valence-electron chi connectivity index (χ1n) is 12.9. The molecule has 1 saturated heterocycles. The molecule has 2 atom stereocenters. The van der Waals surface area contributed by atoms with Crippen molar-refractivity contribution in [2.24, 2.45) is 5.10 Å². The van der Waals surface area contributed by atoms with Gasteiger partial charge < -0.3 is 9.47 Å². The molecule has 0 bridgehead atoms. The summed E-state index contributed by atoms with van der Waals surface area (Å²) in [4.78, 5) is 12.6. The van der Waals surface area contributed by atoms with Crippen molar-refractivity contribution in [3.63, 3.8) is 0 Å². The largest absolute Gasteiger partial charge is 0.494 e. The summed E-state index contributed by atoms with van der Waals surface area (Å²) in [6.07, 6.45) is 8.16. The molecule has 1 amide bonds. The third kappa shape index (κ3) is 8.67. The van der Waals surface area contributed by atoms with E-state index >= 15 is 0 Å². The van der Waals surface area contributed by atoms with Gasteiger partial charge in [-0.3, -0.25) is 4.79 Å². The number of ether oxygens (including phenoxy) is 2. The van der Waals surface area contributed by atoms with E-state index in [0.717, 1.165) is 41.4 Å². The van der Waals surface area contributed by atoms with Crippen molar-refractivity contribution in [3.05, 3.63) is 59.7 Å². The highest BCUT2D eigenvalue weighted by Crippen LogP contribution is 2.24. The molecule has 7 nitrogen and oxygen atoms in total. The van der Waals surface area contributed by atoms with Crippen molar-refractivity contribution >= 4 is 11.6 Å². The third-order valence-corrected chi connectivity index (χ3v) is 6.17. The summed E-state index contributed by atoms with van der Waals surface area (Å²) >= 11 is 0. The second-order valence-corrected chi connectivity index (χ2v) is 8.95. The molecule has 3 N–H and O–H groups in total. The number of carbonyl (C=O) groups excluding carboxylic acids is 1. The number of carbonyl (C=O) groups is 1. The van der Waals surface area contributed by atoms with Crippen molar-refractivity contribution in [2.75, 3.05) is 13.2 Å². The summed E-state index contributed by atoms with van der Waals surface area (Å²) in [6.45, 7) is 7.41. The van der Waals surface area contributed by atoms with Crippen LogP contribution in [0.5, 0.6) is 11.5 Å². The van der Waals surface area contributed by atoms with Gasteiger partial charge >= 0.3 is 0 Å². The molecule has 7 heteroatoms. The molecular weight excluding hydrogens is 440 g/mol. The highest BCUT2D eigenvalue weighted by atomic mass is 16.5. The predicted octanol–water partition coefficient (Wildman–Crippen LogP) is 5.27.